The second-order valence-electron chi connectivity index (χ2n) is 6.66. The predicted octanol–water partition coefficient (Wildman–Crippen LogP) is 4.06. The van der Waals surface area contributed by atoms with E-state index in [1.807, 2.05) is 6.07 Å². The van der Waals surface area contributed by atoms with Crippen molar-refractivity contribution in [3.8, 4) is 0 Å². The number of benzene rings is 1. The van der Waals surface area contributed by atoms with Gasteiger partial charge in [-0.3, -0.25) is 4.79 Å². The summed E-state index contributed by atoms with van der Waals surface area (Å²) in [6.07, 6.45) is 6.19. The Hall–Kier alpha value is -1.06. The van der Waals surface area contributed by atoms with Gasteiger partial charge in [-0.2, -0.15) is 0 Å². The van der Waals surface area contributed by atoms with Crippen LogP contribution in [0.5, 0.6) is 0 Å². The Labute approximate surface area is 153 Å². The van der Waals surface area contributed by atoms with Gasteiger partial charge in [-0.15, -0.1) is 12.4 Å². The third-order valence-electron chi connectivity index (χ3n) is 5.11. The number of amides is 1. The third-order valence-corrected chi connectivity index (χ3v) is 5.11. The minimum absolute atomic E-state index is 0. The van der Waals surface area contributed by atoms with E-state index in [2.05, 4.69) is 48.3 Å². The molecule has 1 atom stereocenters. The van der Waals surface area contributed by atoms with Crippen molar-refractivity contribution in [1.29, 1.82) is 0 Å². The average molecular weight is 353 g/mol. The molecular weight excluding hydrogens is 320 g/mol. The van der Waals surface area contributed by atoms with Crippen molar-refractivity contribution in [2.24, 2.45) is 5.92 Å². The fraction of sp³-hybridized carbons (Fsp3) is 0.650. The minimum Gasteiger partial charge on any atom is -0.340 e. The van der Waals surface area contributed by atoms with Crippen LogP contribution in [0.2, 0.25) is 0 Å². The lowest BCUT2D eigenvalue weighted by Gasteiger charge is -2.31. The number of halogens is 1. The van der Waals surface area contributed by atoms with Crippen molar-refractivity contribution in [2.45, 2.75) is 58.4 Å². The molecule has 1 aromatic carbocycles. The van der Waals surface area contributed by atoms with Crippen molar-refractivity contribution in [2.75, 3.05) is 19.6 Å². The molecule has 1 amide bonds. The lowest BCUT2D eigenvalue weighted by molar-refractivity contribution is -0.133. The van der Waals surface area contributed by atoms with Crippen molar-refractivity contribution in [3.05, 3.63) is 35.9 Å². The van der Waals surface area contributed by atoms with E-state index < -0.39 is 0 Å². The molecule has 0 radical (unpaired) electrons. The molecule has 1 aliphatic heterocycles. The number of rotatable bonds is 8. The van der Waals surface area contributed by atoms with Crippen LogP contribution < -0.4 is 5.32 Å². The summed E-state index contributed by atoms with van der Waals surface area (Å²) in [5.74, 6) is 1.07. The highest BCUT2D eigenvalue weighted by Gasteiger charge is 2.22. The standard InChI is InChI=1S/C20H32N2O.ClH/c1-3-19(16-18-8-6-5-7-9-18)22(4-2)20(23)11-10-17-12-14-21-15-13-17;/h5-9,17,19,21H,3-4,10-16H2,1-2H3;1H. The minimum atomic E-state index is 0. The number of nitrogens with one attached hydrogen (secondary N) is 1. The van der Waals surface area contributed by atoms with Gasteiger partial charge in [0.05, 0.1) is 0 Å². The molecule has 0 aliphatic carbocycles. The summed E-state index contributed by atoms with van der Waals surface area (Å²) in [4.78, 5) is 14.8. The normalized spacial score (nSPS) is 16.2. The van der Waals surface area contributed by atoms with Crippen LogP contribution in [0.1, 0.15) is 51.5 Å². The summed E-state index contributed by atoms with van der Waals surface area (Å²) in [6.45, 7) is 7.34. The molecule has 1 aromatic rings. The topological polar surface area (TPSA) is 32.3 Å². The van der Waals surface area contributed by atoms with E-state index in [-0.39, 0.29) is 12.4 Å². The van der Waals surface area contributed by atoms with E-state index in [0.29, 0.717) is 18.4 Å². The second kappa shape index (κ2) is 11.5. The smallest absolute Gasteiger partial charge is 0.222 e. The number of carbonyl (C=O) groups is 1. The molecule has 136 valence electrons. The molecule has 1 saturated heterocycles. The Bertz CT molecular complexity index is 460. The van der Waals surface area contributed by atoms with Gasteiger partial charge >= 0.3 is 0 Å². The van der Waals surface area contributed by atoms with Crippen LogP contribution in [0.3, 0.4) is 0 Å². The zero-order valence-electron chi connectivity index (χ0n) is 15.2. The molecule has 0 aromatic heterocycles. The maximum Gasteiger partial charge on any atom is 0.222 e. The van der Waals surface area contributed by atoms with Gasteiger partial charge in [0.15, 0.2) is 0 Å². The largest absolute Gasteiger partial charge is 0.340 e. The molecule has 3 nitrogen and oxygen atoms in total. The van der Waals surface area contributed by atoms with E-state index in [1.165, 1.54) is 18.4 Å². The van der Waals surface area contributed by atoms with Crippen LogP contribution >= 0.6 is 12.4 Å². The maximum absolute atomic E-state index is 12.7. The lowest BCUT2D eigenvalue weighted by Crippen LogP contribution is -2.41. The monoisotopic (exact) mass is 352 g/mol. The number of piperidine rings is 1. The first-order valence-corrected chi connectivity index (χ1v) is 9.28. The number of hydrogen-bond donors (Lipinski definition) is 1. The molecule has 24 heavy (non-hydrogen) atoms. The van der Waals surface area contributed by atoms with Crippen LogP contribution in [0.4, 0.5) is 0 Å². The Morgan fingerprint density at radius 1 is 1.21 bits per heavy atom. The molecule has 1 fully saturated rings. The molecule has 2 rings (SSSR count). The summed E-state index contributed by atoms with van der Waals surface area (Å²) < 4.78 is 0. The fourth-order valence-corrected chi connectivity index (χ4v) is 3.64. The van der Waals surface area contributed by atoms with Crippen LogP contribution in [0.15, 0.2) is 30.3 Å². The van der Waals surface area contributed by atoms with Crippen LogP contribution in [-0.4, -0.2) is 36.5 Å². The zero-order valence-corrected chi connectivity index (χ0v) is 16.0. The Morgan fingerprint density at radius 3 is 2.46 bits per heavy atom. The Morgan fingerprint density at radius 2 is 1.88 bits per heavy atom. The molecule has 1 heterocycles. The molecule has 0 bridgehead atoms. The van der Waals surface area contributed by atoms with E-state index in [1.54, 1.807) is 0 Å². The van der Waals surface area contributed by atoms with E-state index >= 15 is 0 Å². The van der Waals surface area contributed by atoms with Gasteiger partial charge in [0.1, 0.15) is 0 Å². The fourth-order valence-electron chi connectivity index (χ4n) is 3.64. The maximum atomic E-state index is 12.7. The molecule has 1 unspecified atom stereocenters. The summed E-state index contributed by atoms with van der Waals surface area (Å²) in [6, 6.07) is 10.9. The Balaban J connectivity index is 0.00000288. The summed E-state index contributed by atoms with van der Waals surface area (Å²) >= 11 is 0. The predicted molar refractivity (Wildman–Crippen MR) is 104 cm³/mol. The average Bonchev–Trinajstić information content (AvgIpc) is 2.61. The number of carbonyl (C=O) groups excluding carboxylic acids is 1. The molecule has 0 spiro atoms. The first-order chi connectivity index (χ1) is 11.2. The van der Waals surface area contributed by atoms with Crippen LogP contribution in [0.25, 0.3) is 0 Å². The van der Waals surface area contributed by atoms with Gasteiger partial charge in [-0.25, -0.2) is 0 Å². The van der Waals surface area contributed by atoms with Crippen molar-refractivity contribution in [3.63, 3.8) is 0 Å². The summed E-state index contributed by atoms with van der Waals surface area (Å²) in [7, 11) is 0. The van der Waals surface area contributed by atoms with Gasteiger partial charge < -0.3 is 10.2 Å². The molecule has 1 aliphatic rings. The molecular formula is C20H33ClN2O. The van der Waals surface area contributed by atoms with Crippen molar-refractivity contribution < 1.29 is 4.79 Å². The third kappa shape index (κ3) is 6.45. The Kier molecular flexibility index (Phi) is 10.0. The lowest BCUT2D eigenvalue weighted by atomic mass is 9.92. The highest BCUT2D eigenvalue weighted by molar-refractivity contribution is 5.85. The van der Waals surface area contributed by atoms with E-state index in [9.17, 15) is 4.79 Å². The summed E-state index contributed by atoms with van der Waals surface area (Å²) in [5.41, 5.74) is 1.32. The van der Waals surface area contributed by atoms with E-state index in [0.717, 1.165) is 44.8 Å². The van der Waals surface area contributed by atoms with Gasteiger partial charge in [-0.1, -0.05) is 37.3 Å². The highest BCUT2D eigenvalue weighted by atomic mass is 35.5. The van der Waals surface area contributed by atoms with Crippen LogP contribution in [0, 0.1) is 5.92 Å². The summed E-state index contributed by atoms with van der Waals surface area (Å²) in [5, 5.41) is 3.40. The SMILES string of the molecule is CCC(Cc1ccccc1)N(CC)C(=O)CCC1CCNCC1.Cl. The van der Waals surface area contributed by atoms with Crippen molar-refractivity contribution >= 4 is 18.3 Å². The number of nitrogens with zero attached hydrogens (tertiary/aromatic N) is 1. The van der Waals surface area contributed by atoms with Crippen molar-refractivity contribution in [1.82, 2.24) is 10.2 Å². The van der Waals surface area contributed by atoms with Gasteiger partial charge in [0.25, 0.3) is 0 Å². The van der Waals surface area contributed by atoms with Gasteiger partial charge in [0, 0.05) is 19.0 Å². The molecule has 4 heteroatoms. The van der Waals surface area contributed by atoms with Crippen LogP contribution in [-0.2, 0) is 11.2 Å². The highest BCUT2D eigenvalue weighted by Crippen LogP contribution is 2.20. The van der Waals surface area contributed by atoms with Gasteiger partial charge in [-0.05, 0) is 63.6 Å². The zero-order chi connectivity index (χ0) is 16.5. The first kappa shape index (κ1) is 21.0. The van der Waals surface area contributed by atoms with E-state index in [4.69, 9.17) is 0 Å². The van der Waals surface area contributed by atoms with Gasteiger partial charge in [0.2, 0.25) is 5.91 Å². The molecule has 1 N–H and O–H groups in total. The number of hydrogen-bond acceptors (Lipinski definition) is 2. The first-order valence-electron chi connectivity index (χ1n) is 9.28. The number of likely N-dealkylation sites (N-methyl/N-ethyl adjacent to an activating group) is 1. The second-order valence-corrected chi connectivity index (χ2v) is 6.66. The molecule has 0 saturated carbocycles. The quantitative estimate of drug-likeness (QED) is 0.765.